The third-order valence-electron chi connectivity index (χ3n) is 5.05. The number of nitrogens with zero attached hydrogens (tertiary/aromatic N) is 4. The number of pyridine rings is 1. The van der Waals surface area contributed by atoms with E-state index in [2.05, 4.69) is 15.0 Å². The zero-order valence-corrected chi connectivity index (χ0v) is 19.9. The first-order valence-corrected chi connectivity index (χ1v) is 11.1. The minimum absolute atomic E-state index is 0.192. The molecule has 1 amide bonds. The van der Waals surface area contributed by atoms with Gasteiger partial charge in [0.15, 0.2) is 0 Å². The molecule has 2 aromatic heterocycles. The second kappa shape index (κ2) is 9.33. The fourth-order valence-corrected chi connectivity index (χ4v) is 3.58. The maximum atomic E-state index is 13.0. The fourth-order valence-electron chi connectivity index (χ4n) is 3.37. The molecule has 1 aliphatic heterocycles. The average Bonchev–Trinajstić information content (AvgIpc) is 2.74. The van der Waals surface area contributed by atoms with Gasteiger partial charge in [0.2, 0.25) is 5.88 Å². The zero-order chi connectivity index (χ0) is 25.4. The normalized spacial score (nSPS) is 14.4. The van der Waals surface area contributed by atoms with Crippen molar-refractivity contribution in [1.29, 1.82) is 0 Å². The first kappa shape index (κ1) is 24.7. The highest BCUT2D eigenvalue weighted by Crippen LogP contribution is 2.36. The lowest BCUT2D eigenvalue weighted by Crippen LogP contribution is -2.57. The van der Waals surface area contributed by atoms with E-state index >= 15 is 0 Å². The summed E-state index contributed by atoms with van der Waals surface area (Å²) >= 11 is 6.33. The maximum Gasteiger partial charge on any atom is 0.416 e. The standard InChI is InChI=1S/C24H22ClF3N4O3/c1-23(2,3)35-22(33)32-12-16(13-32)34-19-11-30-20(14-4-6-15(7-5-14)24(26,27)28)21(31-19)17-8-9-29-10-18(17)25/h4-11,16H,12-13H2,1-3H3. The molecule has 1 saturated heterocycles. The van der Waals surface area contributed by atoms with Crippen molar-refractivity contribution in [1.82, 2.24) is 19.9 Å². The smallest absolute Gasteiger partial charge is 0.416 e. The van der Waals surface area contributed by atoms with Crippen molar-refractivity contribution in [3.8, 4) is 28.4 Å². The summed E-state index contributed by atoms with van der Waals surface area (Å²) in [6.07, 6.45) is -0.832. The Morgan fingerprint density at radius 3 is 2.34 bits per heavy atom. The predicted molar refractivity (Wildman–Crippen MR) is 123 cm³/mol. The van der Waals surface area contributed by atoms with Gasteiger partial charge in [-0.15, -0.1) is 0 Å². The summed E-state index contributed by atoms with van der Waals surface area (Å²) in [6.45, 7) is 6.01. The van der Waals surface area contributed by atoms with Crippen molar-refractivity contribution in [2.75, 3.05) is 13.1 Å². The third kappa shape index (κ3) is 5.82. The predicted octanol–water partition coefficient (Wildman–Crippen LogP) is 5.88. The van der Waals surface area contributed by atoms with Crippen molar-refractivity contribution >= 4 is 17.7 Å². The van der Waals surface area contributed by atoms with E-state index in [9.17, 15) is 18.0 Å². The van der Waals surface area contributed by atoms with E-state index in [1.54, 1.807) is 26.8 Å². The van der Waals surface area contributed by atoms with Gasteiger partial charge in [-0.3, -0.25) is 4.98 Å². The van der Waals surface area contributed by atoms with Gasteiger partial charge in [0.05, 0.1) is 35.6 Å². The Balaban J connectivity index is 1.58. The van der Waals surface area contributed by atoms with Gasteiger partial charge < -0.3 is 14.4 Å². The van der Waals surface area contributed by atoms with E-state index < -0.39 is 23.4 Å². The molecule has 0 aliphatic carbocycles. The number of carbonyl (C=O) groups excluding carboxylic acids is 1. The largest absolute Gasteiger partial charge is 0.469 e. The van der Waals surface area contributed by atoms with Crippen LogP contribution in [0.3, 0.4) is 0 Å². The Bertz CT molecular complexity index is 1220. The Kier molecular flexibility index (Phi) is 6.59. The second-order valence-corrected chi connectivity index (χ2v) is 9.37. The lowest BCUT2D eigenvalue weighted by molar-refractivity contribution is -0.137. The summed E-state index contributed by atoms with van der Waals surface area (Å²) in [4.78, 5) is 26.6. The summed E-state index contributed by atoms with van der Waals surface area (Å²) in [5, 5.41) is 0.298. The molecule has 35 heavy (non-hydrogen) atoms. The number of hydrogen-bond donors (Lipinski definition) is 0. The molecule has 0 saturated carbocycles. The third-order valence-corrected chi connectivity index (χ3v) is 5.35. The van der Waals surface area contributed by atoms with Crippen LogP contribution < -0.4 is 4.74 Å². The van der Waals surface area contributed by atoms with Crippen LogP contribution in [0.1, 0.15) is 26.3 Å². The lowest BCUT2D eigenvalue weighted by atomic mass is 10.0. The van der Waals surface area contributed by atoms with Gasteiger partial charge in [0.1, 0.15) is 17.4 Å². The number of ether oxygens (including phenoxy) is 2. The minimum atomic E-state index is -4.45. The molecule has 0 bridgehead atoms. The van der Waals surface area contributed by atoms with Crippen LogP contribution in [0.2, 0.25) is 5.02 Å². The number of rotatable bonds is 4. The van der Waals surface area contributed by atoms with E-state index in [0.29, 0.717) is 40.6 Å². The average molecular weight is 507 g/mol. The molecule has 1 fully saturated rings. The van der Waals surface area contributed by atoms with Gasteiger partial charge >= 0.3 is 12.3 Å². The molecule has 3 heterocycles. The molecule has 184 valence electrons. The van der Waals surface area contributed by atoms with Crippen LogP contribution in [-0.4, -0.2) is 50.7 Å². The van der Waals surface area contributed by atoms with Crippen molar-refractivity contribution in [2.24, 2.45) is 0 Å². The number of amides is 1. The van der Waals surface area contributed by atoms with Crippen LogP contribution in [0.15, 0.2) is 48.9 Å². The molecule has 0 unspecified atom stereocenters. The van der Waals surface area contributed by atoms with Crippen LogP contribution in [-0.2, 0) is 10.9 Å². The highest BCUT2D eigenvalue weighted by Gasteiger charge is 2.35. The summed E-state index contributed by atoms with van der Waals surface area (Å²) in [5.74, 6) is 0.192. The van der Waals surface area contributed by atoms with E-state index in [1.165, 1.54) is 35.6 Å². The summed E-state index contributed by atoms with van der Waals surface area (Å²) in [6, 6.07) is 6.27. The van der Waals surface area contributed by atoms with E-state index in [0.717, 1.165) is 12.1 Å². The number of aromatic nitrogens is 3. The molecule has 11 heteroatoms. The quantitative estimate of drug-likeness (QED) is 0.440. The molecule has 0 radical (unpaired) electrons. The highest BCUT2D eigenvalue weighted by atomic mass is 35.5. The van der Waals surface area contributed by atoms with Gasteiger partial charge in [0, 0.05) is 23.5 Å². The van der Waals surface area contributed by atoms with Crippen molar-refractivity contribution in [3.63, 3.8) is 0 Å². The first-order valence-electron chi connectivity index (χ1n) is 10.7. The highest BCUT2D eigenvalue weighted by molar-refractivity contribution is 6.33. The second-order valence-electron chi connectivity index (χ2n) is 8.96. The molecule has 7 nitrogen and oxygen atoms in total. The number of likely N-dealkylation sites (tertiary alicyclic amines) is 1. The monoisotopic (exact) mass is 506 g/mol. The summed E-state index contributed by atoms with van der Waals surface area (Å²) in [7, 11) is 0. The van der Waals surface area contributed by atoms with E-state index in [1.807, 2.05) is 0 Å². The van der Waals surface area contributed by atoms with Crippen molar-refractivity contribution < 1.29 is 27.4 Å². The summed E-state index contributed by atoms with van der Waals surface area (Å²) in [5.41, 5.74) is 0.234. The van der Waals surface area contributed by atoms with Crippen LogP contribution in [0, 0.1) is 0 Å². The van der Waals surface area contributed by atoms with Crippen LogP contribution in [0.4, 0.5) is 18.0 Å². The summed E-state index contributed by atoms with van der Waals surface area (Å²) < 4.78 is 50.2. The van der Waals surface area contributed by atoms with Gasteiger partial charge in [0.25, 0.3) is 0 Å². The van der Waals surface area contributed by atoms with Crippen molar-refractivity contribution in [2.45, 2.75) is 38.7 Å². The lowest BCUT2D eigenvalue weighted by Gasteiger charge is -2.39. The van der Waals surface area contributed by atoms with Gasteiger partial charge in [-0.05, 0) is 39.0 Å². The van der Waals surface area contributed by atoms with Crippen LogP contribution in [0.25, 0.3) is 22.5 Å². The molecule has 3 aromatic rings. The van der Waals surface area contributed by atoms with E-state index in [-0.39, 0.29) is 12.0 Å². The molecular formula is C24H22ClF3N4O3. The number of alkyl halides is 3. The first-order chi connectivity index (χ1) is 16.4. The van der Waals surface area contributed by atoms with Crippen molar-refractivity contribution in [3.05, 3.63) is 59.5 Å². The van der Waals surface area contributed by atoms with Crippen LogP contribution >= 0.6 is 11.6 Å². The number of hydrogen-bond acceptors (Lipinski definition) is 6. The molecule has 4 rings (SSSR count). The minimum Gasteiger partial charge on any atom is -0.469 e. The molecule has 0 spiro atoms. The number of benzene rings is 1. The van der Waals surface area contributed by atoms with E-state index in [4.69, 9.17) is 21.1 Å². The number of halogens is 4. The molecule has 1 aromatic carbocycles. The fraction of sp³-hybridized carbons (Fsp3) is 0.333. The molecule has 0 atom stereocenters. The Hall–Kier alpha value is -3.40. The number of carbonyl (C=O) groups is 1. The van der Waals surface area contributed by atoms with Gasteiger partial charge in [-0.1, -0.05) is 23.7 Å². The molecule has 1 aliphatic rings. The van der Waals surface area contributed by atoms with Crippen LogP contribution in [0.5, 0.6) is 5.88 Å². The Morgan fingerprint density at radius 1 is 1.06 bits per heavy atom. The van der Waals surface area contributed by atoms with Gasteiger partial charge in [-0.2, -0.15) is 13.2 Å². The molecular weight excluding hydrogens is 485 g/mol. The topological polar surface area (TPSA) is 77.4 Å². The van der Waals surface area contributed by atoms with Gasteiger partial charge in [-0.25, -0.2) is 14.8 Å². The maximum absolute atomic E-state index is 13.0. The molecule has 0 N–H and O–H groups in total. The Labute approximate surface area is 204 Å². The Morgan fingerprint density at radius 2 is 1.74 bits per heavy atom. The SMILES string of the molecule is CC(C)(C)OC(=O)N1CC(Oc2cnc(-c3ccc(C(F)(F)F)cc3)c(-c3ccncc3Cl)n2)C1. The zero-order valence-electron chi connectivity index (χ0n) is 19.1.